The molecule has 0 amide bonds. The molecule has 5 aromatic carbocycles. The molecule has 5 aromatic rings. The summed E-state index contributed by atoms with van der Waals surface area (Å²) >= 11 is 6.10. The van der Waals surface area contributed by atoms with E-state index < -0.39 is 11.9 Å². The van der Waals surface area contributed by atoms with Gasteiger partial charge in [-0.1, -0.05) is 132 Å². The van der Waals surface area contributed by atoms with E-state index in [4.69, 9.17) is 35.3 Å². The van der Waals surface area contributed by atoms with Crippen LogP contribution >= 0.6 is 11.6 Å². The van der Waals surface area contributed by atoms with Crippen LogP contribution in [0.3, 0.4) is 0 Å². The fraction of sp³-hybridized carbons (Fsp3) is 0.385. The van der Waals surface area contributed by atoms with Crippen molar-refractivity contribution in [3.8, 4) is 28.7 Å². The summed E-state index contributed by atoms with van der Waals surface area (Å²) in [6.45, 7) is 7.54. The highest BCUT2D eigenvalue weighted by molar-refractivity contribution is 6.30. The number of azo groups is 1. The molecule has 0 spiro atoms. The second-order valence-corrected chi connectivity index (χ2v) is 15.9. The second-order valence-electron chi connectivity index (χ2n) is 15.5. The van der Waals surface area contributed by atoms with E-state index in [1.54, 1.807) is 72.8 Å². The number of halogens is 1. The monoisotopic (exact) mass is 860 g/mol. The summed E-state index contributed by atoms with van der Waals surface area (Å²) in [7, 11) is 0. The number of unbranched alkanes of at least 4 members (excludes halogenated alkanes) is 12. The minimum atomic E-state index is -0.583. The van der Waals surface area contributed by atoms with Gasteiger partial charge in [-0.25, -0.2) is 9.59 Å². The zero-order chi connectivity index (χ0) is 43.8. The van der Waals surface area contributed by atoms with E-state index in [1.165, 1.54) is 51.4 Å². The van der Waals surface area contributed by atoms with Crippen molar-refractivity contribution in [3.63, 3.8) is 0 Å². The minimum Gasteiger partial charge on any atom is -0.494 e. The number of ether oxygens (including phenoxy) is 5. The number of nitrogens with zero attached hydrogens (tertiary/aromatic N) is 2. The van der Waals surface area contributed by atoms with Crippen molar-refractivity contribution in [2.24, 2.45) is 10.2 Å². The first kappa shape index (κ1) is 47.4. The molecule has 0 bridgehead atoms. The number of esters is 2. The SMILES string of the molecule is CCCCCCCCCCCCOc1cccc(COc2c(OC(=O)c3ccc(Cl)cc3)ccc(N=Nc3ccc(OC(=O)c4ccc(C)cc4)cc3)c2OCCCCCC)c1. The Morgan fingerprint density at radius 3 is 1.77 bits per heavy atom. The van der Waals surface area contributed by atoms with E-state index in [0.29, 0.717) is 52.2 Å². The molecule has 0 radical (unpaired) electrons. The lowest BCUT2D eigenvalue weighted by atomic mass is 10.1. The van der Waals surface area contributed by atoms with Gasteiger partial charge >= 0.3 is 11.9 Å². The Hall–Kier alpha value is -5.67. The van der Waals surface area contributed by atoms with E-state index >= 15 is 0 Å². The summed E-state index contributed by atoms with van der Waals surface area (Å²) in [5.74, 6) is 0.788. The molecule has 0 aromatic heterocycles. The first-order chi connectivity index (χ1) is 30.3. The third-order valence-electron chi connectivity index (χ3n) is 10.2. The van der Waals surface area contributed by atoms with Crippen molar-refractivity contribution in [1.82, 2.24) is 0 Å². The van der Waals surface area contributed by atoms with Crippen LogP contribution < -0.4 is 23.7 Å². The number of benzene rings is 5. The average Bonchev–Trinajstić information content (AvgIpc) is 3.28. The molecule has 0 N–H and O–H groups in total. The Bertz CT molecular complexity index is 2140. The number of aryl methyl sites for hydroxylation is 1. The summed E-state index contributed by atoms with van der Waals surface area (Å²) in [5, 5.41) is 9.56. The van der Waals surface area contributed by atoms with E-state index in [0.717, 1.165) is 55.4 Å². The van der Waals surface area contributed by atoms with Crippen LogP contribution in [-0.2, 0) is 6.61 Å². The van der Waals surface area contributed by atoms with E-state index in [9.17, 15) is 9.59 Å². The van der Waals surface area contributed by atoms with E-state index in [2.05, 4.69) is 24.1 Å². The van der Waals surface area contributed by atoms with E-state index in [1.807, 2.05) is 43.3 Å². The largest absolute Gasteiger partial charge is 0.494 e. The summed E-state index contributed by atoms with van der Waals surface area (Å²) in [6, 6.07) is 31.5. The summed E-state index contributed by atoms with van der Waals surface area (Å²) in [6.07, 6.45) is 16.6. The normalized spacial score (nSPS) is 11.1. The van der Waals surface area contributed by atoms with Gasteiger partial charge in [0.05, 0.1) is 30.0 Å². The van der Waals surface area contributed by atoms with Crippen LogP contribution in [0.2, 0.25) is 5.02 Å². The summed E-state index contributed by atoms with van der Waals surface area (Å²) < 4.78 is 30.6. The van der Waals surface area contributed by atoms with E-state index in [-0.39, 0.29) is 18.1 Å². The molecule has 9 nitrogen and oxygen atoms in total. The zero-order valence-electron chi connectivity index (χ0n) is 36.5. The van der Waals surface area contributed by atoms with Crippen LogP contribution in [0.15, 0.2) is 119 Å². The molecule has 0 heterocycles. The van der Waals surface area contributed by atoms with Crippen LogP contribution in [0.25, 0.3) is 0 Å². The lowest BCUT2D eigenvalue weighted by Gasteiger charge is -2.18. The molecule has 5 rings (SSSR count). The molecule has 10 heteroatoms. The lowest BCUT2D eigenvalue weighted by molar-refractivity contribution is 0.0720. The quantitative estimate of drug-likeness (QED) is 0.0224. The third-order valence-corrected chi connectivity index (χ3v) is 10.5. The number of carbonyl (C=O) groups excluding carboxylic acids is 2. The molecular formula is C52H61ClN2O7. The Balaban J connectivity index is 1.32. The van der Waals surface area contributed by atoms with Gasteiger partial charge in [0.1, 0.15) is 23.8 Å². The molecule has 0 atom stereocenters. The summed E-state index contributed by atoms with van der Waals surface area (Å²) in [4.78, 5) is 26.1. The van der Waals surface area contributed by atoms with Crippen LogP contribution in [0, 0.1) is 6.92 Å². The van der Waals surface area contributed by atoms with Gasteiger partial charge in [-0.3, -0.25) is 0 Å². The Kier molecular flexibility index (Phi) is 20.3. The molecular weight excluding hydrogens is 800 g/mol. The van der Waals surface area contributed by atoms with Gasteiger partial charge in [-0.2, -0.15) is 5.11 Å². The van der Waals surface area contributed by atoms with Gasteiger partial charge in [-0.15, -0.1) is 5.11 Å². The van der Waals surface area contributed by atoms with Crippen molar-refractivity contribution < 1.29 is 33.3 Å². The highest BCUT2D eigenvalue weighted by atomic mass is 35.5. The zero-order valence-corrected chi connectivity index (χ0v) is 37.3. The molecule has 62 heavy (non-hydrogen) atoms. The van der Waals surface area contributed by atoms with Crippen molar-refractivity contribution >= 4 is 34.9 Å². The van der Waals surface area contributed by atoms with Gasteiger partial charge in [0.15, 0.2) is 11.5 Å². The smallest absolute Gasteiger partial charge is 0.343 e. The predicted molar refractivity (Wildman–Crippen MR) is 247 cm³/mol. The molecule has 0 fully saturated rings. The van der Waals surface area contributed by atoms with Crippen molar-refractivity contribution in [2.45, 2.75) is 117 Å². The second kappa shape index (κ2) is 26.6. The molecule has 0 saturated carbocycles. The van der Waals surface area contributed by atoms with Crippen LogP contribution in [0.5, 0.6) is 28.7 Å². The third kappa shape index (κ3) is 16.3. The van der Waals surface area contributed by atoms with Crippen molar-refractivity contribution in [1.29, 1.82) is 0 Å². The fourth-order valence-corrected chi connectivity index (χ4v) is 6.75. The molecule has 0 unspecified atom stereocenters. The maximum atomic E-state index is 13.4. The molecule has 0 aliphatic carbocycles. The predicted octanol–water partition coefficient (Wildman–Crippen LogP) is 15.3. The maximum Gasteiger partial charge on any atom is 0.343 e. The van der Waals surface area contributed by atoms with Gasteiger partial charge < -0.3 is 23.7 Å². The molecule has 328 valence electrons. The first-order valence-corrected chi connectivity index (χ1v) is 22.6. The average molecular weight is 862 g/mol. The lowest BCUT2D eigenvalue weighted by Crippen LogP contribution is -2.10. The first-order valence-electron chi connectivity index (χ1n) is 22.3. The van der Waals surface area contributed by atoms with Gasteiger partial charge in [-0.05, 0) is 110 Å². The number of hydrogen-bond donors (Lipinski definition) is 0. The molecule has 0 aliphatic rings. The van der Waals surface area contributed by atoms with Crippen LogP contribution in [0.1, 0.15) is 136 Å². The number of rotatable bonds is 27. The topological polar surface area (TPSA) is 105 Å². The highest BCUT2D eigenvalue weighted by Crippen LogP contribution is 2.46. The maximum absolute atomic E-state index is 13.4. The van der Waals surface area contributed by atoms with Gasteiger partial charge in [0.25, 0.3) is 0 Å². The summed E-state index contributed by atoms with van der Waals surface area (Å²) in [5.41, 5.74) is 3.60. The molecule has 0 saturated heterocycles. The fourth-order valence-electron chi connectivity index (χ4n) is 6.63. The van der Waals surface area contributed by atoms with Gasteiger partial charge in [0.2, 0.25) is 5.75 Å². The number of hydrogen-bond acceptors (Lipinski definition) is 9. The van der Waals surface area contributed by atoms with Crippen molar-refractivity contribution in [3.05, 3.63) is 136 Å². The van der Waals surface area contributed by atoms with Crippen LogP contribution in [-0.4, -0.2) is 25.2 Å². The minimum absolute atomic E-state index is 0.135. The molecule has 0 aliphatic heterocycles. The van der Waals surface area contributed by atoms with Crippen LogP contribution in [0.4, 0.5) is 11.4 Å². The number of carbonyl (C=O) groups is 2. The van der Waals surface area contributed by atoms with Crippen molar-refractivity contribution in [2.75, 3.05) is 13.2 Å². The Labute approximate surface area is 372 Å². The standard InChI is InChI=1S/C52H61ClN2O7/c1-4-6-8-10-11-12-13-14-15-17-35-58-46-20-18-19-40(37-46)38-60-50-48(62-52(57)42-25-27-43(53)28-26-42)34-33-47(49(50)59-36-16-9-7-5-2)55-54-44-29-31-45(32-30-44)61-51(56)41-23-21-39(3)22-24-41/h18-34,37H,4-17,35-36,38H2,1-3H3. The Morgan fingerprint density at radius 1 is 0.532 bits per heavy atom. The highest BCUT2D eigenvalue weighted by Gasteiger charge is 2.22. The Morgan fingerprint density at radius 2 is 1.11 bits per heavy atom. The van der Waals surface area contributed by atoms with Gasteiger partial charge in [0, 0.05) is 5.02 Å².